The van der Waals surface area contributed by atoms with Crippen LogP contribution in [-0.2, 0) is 0 Å². The maximum absolute atomic E-state index is 2.31. The molecular formula is C45H90. The molecule has 0 radical (unpaired) electrons. The average molecular weight is 631 g/mol. The van der Waals surface area contributed by atoms with E-state index in [-0.39, 0.29) is 0 Å². The van der Waals surface area contributed by atoms with E-state index in [1.165, 1.54) is 244 Å². The minimum atomic E-state index is 0.768. The number of rotatable bonds is 38. The molecule has 0 unspecified atom stereocenters. The summed E-state index contributed by atoms with van der Waals surface area (Å²) in [6, 6.07) is 0. The van der Waals surface area contributed by atoms with Crippen LogP contribution < -0.4 is 0 Å². The lowest BCUT2D eigenvalue weighted by atomic mass is 9.76. The summed E-state index contributed by atoms with van der Waals surface area (Å²) in [4.78, 5) is 0. The van der Waals surface area contributed by atoms with Crippen LogP contribution in [0.3, 0.4) is 0 Å². The normalized spacial score (nSPS) is 14.5. The first-order chi connectivity index (χ1) is 22.3. The molecular weight excluding hydrogens is 540 g/mol. The summed E-state index contributed by atoms with van der Waals surface area (Å²) < 4.78 is 0. The molecule has 1 aliphatic carbocycles. The predicted octanol–water partition coefficient (Wildman–Crippen LogP) is 17.4. The van der Waals surface area contributed by atoms with Crippen molar-refractivity contribution in [2.45, 2.75) is 284 Å². The van der Waals surface area contributed by atoms with Gasteiger partial charge in [-0.25, -0.2) is 0 Å². The van der Waals surface area contributed by atoms with Gasteiger partial charge in [0.15, 0.2) is 0 Å². The Bertz CT molecular complexity index is 486. The fraction of sp³-hybridized carbons (Fsp3) is 1.00. The van der Waals surface area contributed by atoms with E-state index in [1.807, 2.05) is 0 Å². The fourth-order valence-electron chi connectivity index (χ4n) is 8.55. The molecule has 0 N–H and O–H groups in total. The Labute approximate surface area is 288 Å². The monoisotopic (exact) mass is 631 g/mol. The standard InChI is InChI=1S/C45H90/c1-3-5-7-9-11-13-15-17-19-21-23-25-27-29-31-33-35-37-41-45(43-39-40-44-45)42-38-36-34-32-30-28-26-24-22-20-18-16-14-12-10-8-6-4-2/h3-44H2,1-2H3. The van der Waals surface area contributed by atoms with Gasteiger partial charge in [-0.15, -0.1) is 0 Å². The van der Waals surface area contributed by atoms with Gasteiger partial charge < -0.3 is 0 Å². The molecule has 1 rings (SSSR count). The summed E-state index contributed by atoms with van der Waals surface area (Å²) in [7, 11) is 0. The van der Waals surface area contributed by atoms with E-state index >= 15 is 0 Å². The molecule has 1 fully saturated rings. The number of unbranched alkanes of at least 4 members (excludes halogenated alkanes) is 34. The van der Waals surface area contributed by atoms with E-state index in [0.717, 1.165) is 5.41 Å². The van der Waals surface area contributed by atoms with Gasteiger partial charge in [-0.05, 0) is 31.1 Å². The highest BCUT2D eigenvalue weighted by Gasteiger charge is 2.32. The predicted molar refractivity (Wildman–Crippen MR) is 208 cm³/mol. The second-order valence-electron chi connectivity index (χ2n) is 16.2. The molecule has 0 aromatic carbocycles. The Morgan fingerprint density at radius 1 is 0.244 bits per heavy atom. The highest BCUT2D eigenvalue weighted by molar-refractivity contribution is 4.84. The second-order valence-corrected chi connectivity index (χ2v) is 16.2. The van der Waals surface area contributed by atoms with Crippen molar-refractivity contribution >= 4 is 0 Å². The van der Waals surface area contributed by atoms with E-state index in [4.69, 9.17) is 0 Å². The highest BCUT2D eigenvalue weighted by Crippen LogP contribution is 2.46. The topological polar surface area (TPSA) is 0 Å². The Morgan fingerprint density at radius 3 is 0.622 bits per heavy atom. The molecule has 0 atom stereocenters. The molecule has 0 aromatic heterocycles. The van der Waals surface area contributed by atoms with Gasteiger partial charge in [0.05, 0.1) is 0 Å². The molecule has 1 aliphatic rings. The van der Waals surface area contributed by atoms with Crippen LogP contribution in [0, 0.1) is 5.41 Å². The third kappa shape index (κ3) is 29.8. The minimum Gasteiger partial charge on any atom is -0.0654 e. The molecule has 0 saturated heterocycles. The second kappa shape index (κ2) is 35.3. The fourth-order valence-corrected chi connectivity index (χ4v) is 8.55. The lowest BCUT2D eigenvalue weighted by Gasteiger charge is -2.29. The van der Waals surface area contributed by atoms with Crippen LogP contribution in [0.4, 0.5) is 0 Å². The molecule has 1 saturated carbocycles. The van der Waals surface area contributed by atoms with Gasteiger partial charge in [-0.3, -0.25) is 0 Å². The smallest absolute Gasteiger partial charge is 0.0297 e. The lowest BCUT2D eigenvalue weighted by molar-refractivity contribution is 0.229. The van der Waals surface area contributed by atoms with Gasteiger partial charge in [0, 0.05) is 0 Å². The summed E-state index contributed by atoms with van der Waals surface area (Å²) in [5, 5.41) is 0. The summed E-state index contributed by atoms with van der Waals surface area (Å²) in [6.45, 7) is 4.63. The van der Waals surface area contributed by atoms with E-state index in [9.17, 15) is 0 Å². The summed E-state index contributed by atoms with van der Waals surface area (Å²) in [5.41, 5.74) is 0.768. The van der Waals surface area contributed by atoms with Gasteiger partial charge >= 0.3 is 0 Å². The van der Waals surface area contributed by atoms with Crippen molar-refractivity contribution < 1.29 is 0 Å². The molecule has 0 nitrogen and oxygen atoms in total. The largest absolute Gasteiger partial charge is 0.0654 e. The molecule has 0 bridgehead atoms. The first-order valence-electron chi connectivity index (χ1n) is 22.3. The first kappa shape index (κ1) is 43.0. The molecule has 270 valence electrons. The van der Waals surface area contributed by atoms with Gasteiger partial charge in [0.2, 0.25) is 0 Å². The first-order valence-corrected chi connectivity index (χ1v) is 22.3. The van der Waals surface area contributed by atoms with Crippen LogP contribution in [0.25, 0.3) is 0 Å². The minimum absolute atomic E-state index is 0.768. The third-order valence-electron chi connectivity index (χ3n) is 11.8. The molecule has 0 amide bonds. The quantitative estimate of drug-likeness (QED) is 0.0595. The van der Waals surface area contributed by atoms with E-state index in [0.29, 0.717) is 0 Å². The zero-order valence-corrected chi connectivity index (χ0v) is 32.2. The molecule has 0 aliphatic heterocycles. The Kier molecular flexibility index (Phi) is 33.8. The SMILES string of the molecule is CCCCCCCCCCCCCCCCCCCCC1(CCCCCCCCCCCCCCCCCCCC)CCCC1. The van der Waals surface area contributed by atoms with E-state index < -0.39 is 0 Å². The third-order valence-corrected chi connectivity index (χ3v) is 11.8. The van der Waals surface area contributed by atoms with Gasteiger partial charge in [0.1, 0.15) is 0 Å². The van der Waals surface area contributed by atoms with Crippen LogP contribution in [0.2, 0.25) is 0 Å². The zero-order chi connectivity index (χ0) is 32.2. The van der Waals surface area contributed by atoms with Crippen molar-refractivity contribution in [1.29, 1.82) is 0 Å². The molecule has 45 heavy (non-hydrogen) atoms. The number of hydrogen-bond acceptors (Lipinski definition) is 0. The lowest BCUT2D eigenvalue weighted by Crippen LogP contribution is -2.16. The molecule has 0 heteroatoms. The maximum atomic E-state index is 2.31. The van der Waals surface area contributed by atoms with Crippen LogP contribution in [0.5, 0.6) is 0 Å². The van der Waals surface area contributed by atoms with Crippen LogP contribution in [0.1, 0.15) is 284 Å². The molecule has 0 aromatic rings. The Hall–Kier alpha value is 0. The van der Waals surface area contributed by atoms with Gasteiger partial charge in [0.25, 0.3) is 0 Å². The van der Waals surface area contributed by atoms with Crippen molar-refractivity contribution in [2.75, 3.05) is 0 Å². The highest BCUT2D eigenvalue weighted by atomic mass is 14.4. The van der Waals surface area contributed by atoms with Crippen molar-refractivity contribution in [2.24, 2.45) is 5.41 Å². The van der Waals surface area contributed by atoms with Crippen molar-refractivity contribution in [3.05, 3.63) is 0 Å². The summed E-state index contributed by atoms with van der Waals surface area (Å²) in [5.74, 6) is 0. The molecule has 0 spiro atoms. The van der Waals surface area contributed by atoms with Crippen molar-refractivity contribution in [3.8, 4) is 0 Å². The van der Waals surface area contributed by atoms with Gasteiger partial charge in [-0.1, -0.05) is 258 Å². The van der Waals surface area contributed by atoms with Crippen LogP contribution in [-0.4, -0.2) is 0 Å². The average Bonchev–Trinajstić information content (AvgIpc) is 3.52. The maximum Gasteiger partial charge on any atom is -0.0297 e. The Balaban J connectivity index is 1.82. The van der Waals surface area contributed by atoms with Crippen LogP contribution in [0.15, 0.2) is 0 Å². The summed E-state index contributed by atoms with van der Waals surface area (Å²) in [6.07, 6.45) is 62.9. The van der Waals surface area contributed by atoms with Gasteiger partial charge in [-0.2, -0.15) is 0 Å². The zero-order valence-electron chi connectivity index (χ0n) is 32.2. The van der Waals surface area contributed by atoms with E-state index in [2.05, 4.69) is 13.8 Å². The van der Waals surface area contributed by atoms with Crippen LogP contribution >= 0.6 is 0 Å². The molecule has 0 heterocycles. The summed E-state index contributed by atoms with van der Waals surface area (Å²) >= 11 is 0. The Morgan fingerprint density at radius 2 is 0.422 bits per heavy atom. The number of hydrogen-bond donors (Lipinski definition) is 0. The van der Waals surface area contributed by atoms with Crippen molar-refractivity contribution in [3.63, 3.8) is 0 Å². The van der Waals surface area contributed by atoms with E-state index in [1.54, 1.807) is 25.7 Å². The van der Waals surface area contributed by atoms with Crippen molar-refractivity contribution in [1.82, 2.24) is 0 Å².